The summed E-state index contributed by atoms with van der Waals surface area (Å²) in [6, 6.07) is 1.53. The molecule has 2 aromatic rings. The minimum atomic E-state index is -0.395. The molecule has 0 aliphatic rings. The maximum Gasteiger partial charge on any atom is 0.260 e. The van der Waals surface area contributed by atoms with E-state index in [2.05, 4.69) is 30.9 Å². The first kappa shape index (κ1) is 10.9. The van der Waals surface area contributed by atoms with E-state index in [0.717, 1.165) is 0 Å². The maximum atomic E-state index is 11.9. The lowest BCUT2D eigenvalue weighted by atomic mass is 10.2. The van der Waals surface area contributed by atoms with Crippen LogP contribution in [-0.2, 0) is 0 Å². The first-order chi connectivity index (χ1) is 8.31. The van der Waals surface area contributed by atoms with Crippen LogP contribution in [0.3, 0.4) is 0 Å². The minimum absolute atomic E-state index is 0.122. The van der Waals surface area contributed by atoms with E-state index in [0.29, 0.717) is 11.3 Å². The molecule has 4 N–H and O–H groups in total. The summed E-state index contributed by atoms with van der Waals surface area (Å²) in [5, 5.41) is 9.72. The van der Waals surface area contributed by atoms with Gasteiger partial charge in [-0.15, -0.1) is 5.10 Å². The number of carbonyl (C=O) groups excluding carboxylic acids is 1. The van der Waals surface area contributed by atoms with Crippen LogP contribution in [0.1, 0.15) is 10.4 Å². The average molecular weight is 231 g/mol. The Balaban J connectivity index is 2.20. The van der Waals surface area contributed by atoms with E-state index in [1.54, 1.807) is 0 Å². The summed E-state index contributed by atoms with van der Waals surface area (Å²) in [7, 11) is 0. The van der Waals surface area contributed by atoms with Gasteiger partial charge in [0.2, 0.25) is 5.95 Å². The Labute approximate surface area is 96.3 Å². The first-order valence-electron chi connectivity index (χ1n) is 4.67. The van der Waals surface area contributed by atoms with Crippen LogP contribution in [0.2, 0.25) is 0 Å². The van der Waals surface area contributed by atoms with Crippen molar-refractivity contribution >= 4 is 17.5 Å². The number of anilines is 2. The second-order valence-corrected chi connectivity index (χ2v) is 2.99. The Hall–Kier alpha value is -2.61. The Kier molecular flexibility index (Phi) is 3.17. The number of pyridine rings is 1. The minimum Gasteiger partial charge on any atom is -0.322 e. The normalized spacial score (nSPS) is 9.71. The van der Waals surface area contributed by atoms with Crippen molar-refractivity contribution in [3.8, 4) is 0 Å². The largest absolute Gasteiger partial charge is 0.322 e. The van der Waals surface area contributed by atoms with Gasteiger partial charge in [-0.05, 0) is 6.07 Å². The van der Waals surface area contributed by atoms with Crippen molar-refractivity contribution in [3.63, 3.8) is 0 Å². The lowest BCUT2D eigenvalue weighted by molar-refractivity contribution is 0.102. The lowest BCUT2D eigenvalue weighted by Gasteiger charge is -2.07. The summed E-state index contributed by atoms with van der Waals surface area (Å²) in [5.41, 5.74) is 3.14. The van der Waals surface area contributed by atoms with Crippen molar-refractivity contribution < 1.29 is 4.79 Å². The average Bonchev–Trinajstić information content (AvgIpc) is 2.40. The fourth-order valence-electron chi connectivity index (χ4n) is 1.18. The number of nitrogen functional groups attached to an aromatic ring is 1. The fraction of sp³-hybridized carbons (Fsp3) is 0. The molecular formula is C9H9N7O. The van der Waals surface area contributed by atoms with E-state index < -0.39 is 5.91 Å². The van der Waals surface area contributed by atoms with E-state index >= 15 is 0 Å². The second-order valence-electron chi connectivity index (χ2n) is 2.99. The topological polar surface area (TPSA) is 119 Å². The zero-order valence-electron chi connectivity index (χ0n) is 8.66. The molecule has 0 aromatic carbocycles. The van der Waals surface area contributed by atoms with Gasteiger partial charge in [-0.2, -0.15) is 5.10 Å². The summed E-state index contributed by atoms with van der Waals surface area (Å²) < 4.78 is 0. The smallest absolute Gasteiger partial charge is 0.260 e. The predicted octanol–water partition coefficient (Wildman–Crippen LogP) is -0.196. The highest BCUT2D eigenvalue weighted by Crippen LogP contribution is 2.12. The molecule has 17 heavy (non-hydrogen) atoms. The summed E-state index contributed by atoms with van der Waals surface area (Å²) in [6.07, 6.45) is 5.77. The maximum absolute atomic E-state index is 11.9. The van der Waals surface area contributed by atoms with Crippen LogP contribution < -0.4 is 16.6 Å². The molecule has 1 amide bonds. The number of amides is 1. The first-order valence-corrected chi connectivity index (χ1v) is 4.67. The van der Waals surface area contributed by atoms with E-state index in [4.69, 9.17) is 5.84 Å². The number of hydrogen-bond acceptors (Lipinski definition) is 7. The predicted molar refractivity (Wildman–Crippen MR) is 59.8 cm³/mol. The van der Waals surface area contributed by atoms with Gasteiger partial charge in [-0.3, -0.25) is 20.9 Å². The van der Waals surface area contributed by atoms with Gasteiger partial charge in [0.15, 0.2) is 0 Å². The molecule has 0 saturated heterocycles. The van der Waals surface area contributed by atoms with Crippen molar-refractivity contribution in [2.24, 2.45) is 5.84 Å². The number of nitrogens with zero attached hydrogens (tertiary/aromatic N) is 4. The zero-order chi connectivity index (χ0) is 12.1. The third-order valence-electron chi connectivity index (χ3n) is 1.93. The van der Waals surface area contributed by atoms with Crippen LogP contribution in [-0.4, -0.2) is 26.1 Å². The molecule has 8 heteroatoms. The standard InChI is InChI=1S/C9H9N7O/c10-15-7-5-11-2-1-6(7)8(17)14-9-12-3-4-13-16-9/h1-5,15H,10H2,(H,12,14,16,17). The number of hydrogen-bond donors (Lipinski definition) is 3. The van der Waals surface area contributed by atoms with Crippen LogP contribution in [0.4, 0.5) is 11.6 Å². The number of rotatable bonds is 3. The number of carbonyl (C=O) groups is 1. The third kappa shape index (κ3) is 2.49. The highest BCUT2D eigenvalue weighted by molar-refractivity contribution is 6.06. The van der Waals surface area contributed by atoms with Crippen LogP contribution in [0.15, 0.2) is 30.9 Å². The quantitative estimate of drug-likeness (QED) is 0.494. The molecule has 0 unspecified atom stereocenters. The molecule has 0 bridgehead atoms. The molecule has 0 spiro atoms. The van der Waals surface area contributed by atoms with E-state index in [1.165, 1.54) is 30.9 Å². The van der Waals surface area contributed by atoms with Gasteiger partial charge in [0, 0.05) is 6.20 Å². The van der Waals surface area contributed by atoms with Crippen LogP contribution in [0.5, 0.6) is 0 Å². The fourth-order valence-corrected chi connectivity index (χ4v) is 1.18. The van der Waals surface area contributed by atoms with Crippen molar-refractivity contribution in [3.05, 3.63) is 36.4 Å². The molecule has 0 aliphatic carbocycles. The Morgan fingerprint density at radius 2 is 2.18 bits per heavy atom. The van der Waals surface area contributed by atoms with Gasteiger partial charge in [-0.25, -0.2) is 4.98 Å². The molecule has 2 aromatic heterocycles. The number of hydrazine groups is 1. The molecule has 0 atom stereocenters. The van der Waals surface area contributed by atoms with Crippen LogP contribution >= 0.6 is 0 Å². The van der Waals surface area contributed by atoms with Crippen molar-refractivity contribution in [2.75, 3.05) is 10.7 Å². The van der Waals surface area contributed by atoms with Gasteiger partial charge in [-0.1, -0.05) is 0 Å². The summed E-state index contributed by atoms with van der Waals surface area (Å²) >= 11 is 0. The van der Waals surface area contributed by atoms with Gasteiger partial charge < -0.3 is 5.43 Å². The molecule has 0 fully saturated rings. The Morgan fingerprint density at radius 1 is 1.29 bits per heavy atom. The second kappa shape index (κ2) is 4.94. The SMILES string of the molecule is NNc1cnccc1C(=O)Nc1nccnn1. The summed E-state index contributed by atoms with van der Waals surface area (Å²) in [5.74, 6) is 5.00. The van der Waals surface area contributed by atoms with E-state index in [9.17, 15) is 4.79 Å². The van der Waals surface area contributed by atoms with Crippen LogP contribution in [0.25, 0.3) is 0 Å². The molecule has 8 nitrogen and oxygen atoms in total. The zero-order valence-corrected chi connectivity index (χ0v) is 8.66. The van der Waals surface area contributed by atoms with Crippen molar-refractivity contribution in [1.29, 1.82) is 0 Å². The molecule has 0 saturated carbocycles. The Bertz CT molecular complexity index is 516. The molecule has 2 heterocycles. The number of nitrogens with one attached hydrogen (secondary N) is 2. The Morgan fingerprint density at radius 3 is 2.88 bits per heavy atom. The van der Waals surface area contributed by atoms with Crippen LogP contribution in [0, 0.1) is 0 Å². The highest BCUT2D eigenvalue weighted by atomic mass is 16.1. The highest BCUT2D eigenvalue weighted by Gasteiger charge is 2.11. The third-order valence-corrected chi connectivity index (χ3v) is 1.93. The van der Waals surface area contributed by atoms with Crippen molar-refractivity contribution in [2.45, 2.75) is 0 Å². The van der Waals surface area contributed by atoms with E-state index in [1.807, 2.05) is 0 Å². The molecule has 86 valence electrons. The molecule has 0 aliphatic heterocycles. The van der Waals surface area contributed by atoms with Gasteiger partial charge in [0.05, 0.1) is 29.8 Å². The molecule has 2 rings (SSSR count). The number of nitrogens with two attached hydrogens (primary N) is 1. The number of aromatic nitrogens is 4. The lowest BCUT2D eigenvalue weighted by Crippen LogP contribution is -2.18. The van der Waals surface area contributed by atoms with Gasteiger partial charge in [0.25, 0.3) is 5.91 Å². The summed E-state index contributed by atoms with van der Waals surface area (Å²) in [4.78, 5) is 19.5. The van der Waals surface area contributed by atoms with Gasteiger partial charge >= 0.3 is 0 Å². The van der Waals surface area contributed by atoms with Crippen molar-refractivity contribution in [1.82, 2.24) is 20.2 Å². The summed E-state index contributed by atoms with van der Waals surface area (Å²) in [6.45, 7) is 0. The molecule has 0 radical (unpaired) electrons. The molecular weight excluding hydrogens is 222 g/mol. The monoisotopic (exact) mass is 231 g/mol. The van der Waals surface area contributed by atoms with Gasteiger partial charge in [0.1, 0.15) is 0 Å². The van der Waals surface area contributed by atoms with E-state index in [-0.39, 0.29) is 5.95 Å².